The fourth-order valence-electron chi connectivity index (χ4n) is 5.87. The van der Waals surface area contributed by atoms with E-state index in [-0.39, 0.29) is 23.6 Å². The number of anilines is 2. The summed E-state index contributed by atoms with van der Waals surface area (Å²) < 4.78 is 9.80. The number of carbonyl (C=O) groups excluding carboxylic acids is 4. The lowest BCUT2D eigenvalue weighted by Crippen LogP contribution is -2.43. The predicted octanol–water partition coefficient (Wildman–Crippen LogP) is 4.94. The molecule has 2 aromatic carbocycles. The molecule has 2 saturated heterocycles. The Balaban J connectivity index is 1.01. The molecule has 4 heterocycles. The first-order valence-corrected chi connectivity index (χ1v) is 15.2. The fourth-order valence-corrected chi connectivity index (χ4v) is 5.87. The van der Waals surface area contributed by atoms with Crippen LogP contribution in [0.2, 0.25) is 0 Å². The van der Waals surface area contributed by atoms with Gasteiger partial charge in [0.15, 0.2) is 0 Å². The lowest BCUT2D eigenvalue weighted by molar-refractivity contribution is -0.120. The maximum atomic E-state index is 13.0. The van der Waals surface area contributed by atoms with Gasteiger partial charge in [-0.15, -0.1) is 0 Å². The number of rotatable bonds is 8. The van der Waals surface area contributed by atoms with E-state index in [1.54, 1.807) is 23.6 Å². The van der Waals surface area contributed by atoms with Crippen LogP contribution < -0.4 is 10.6 Å². The van der Waals surface area contributed by atoms with Gasteiger partial charge in [-0.2, -0.15) is 0 Å². The summed E-state index contributed by atoms with van der Waals surface area (Å²) in [6.45, 7) is 4.41. The number of hydrogen-bond donors (Lipinski definition) is 2. The highest BCUT2D eigenvalue weighted by molar-refractivity contribution is 6.03. The quantitative estimate of drug-likeness (QED) is 0.263. The van der Waals surface area contributed by atoms with Crippen molar-refractivity contribution in [2.75, 3.05) is 23.7 Å². The molecular weight excluding hydrogens is 588 g/mol. The van der Waals surface area contributed by atoms with Crippen molar-refractivity contribution in [3.63, 3.8) is 0 Å². The van der Waals surface area contributed by atoms with E-state index in [2.05, 4.69) is 20.9 Å². The SMILES string of the molecule is Cc1nocc1C(=O)N1CCC[C@H]1C(=O)Nc1ccc(/C=C/c2ccc(NC(=O)[C@@H]3CCCN3C(=O)c3conc3C)cc2)cc1. The van der Waals surface area contributed by atoms with E-state index in [0.29, 0.717) is 59.8 Å². The van der Waals surface area contributed by atoms with Gasteiger partial charge in [-0.25, -0.2) is 0 Å². The predicted molar refractivity (Wildman–Crippen MR) is 170 cm³/mol. The molecule has 2 aliphatic rings. The molecule has 6 rings (SSSR count). The molecule has 0 unspecified atom stereocenters. The largest absolute Gasteiger partial charge is 0.364 e. The van der Waals surface area contributed by atoms with Gasteiger partial charge < -0.3 is 29.5 Å². The molecule has 2 atom stereocenters. The maximum Gasteiger partial charge on any atom is 0.259 e. The van der Waals surface area contributed by atoms with Gasteiger partial charge >= 0.3 is 0 Å². The molecule has 236 valence electrons. The van der Waals surface area contributed by atoms with Crippen molar-refractivity contribution >= 4 is 47.2 Å². The number of nitrogens with zero attached hydrogens (tertiary/aromatic N) is 4. The van der Waals surface area contributed by atoms with Crippen molar-refractivity contribution < 1.29 is 28.2 Å². The van der Waals surface area contributed by atoms with Crippen LogP contribution in [0.25, 0.3) is 12.2 Å². The normalized spacial score (nSPS) is 17.9. The van der Waals surface area contributed by atoms with Crippen LogP contribution in [-0.4, -0.2) is 68.9 Å². The highest BCUT2D eigenvalue weighted by atomic mass is 16.5. The van der Waals surface area contributed by atoms with Crippen LogP contribution in [-0.2, 0) is 9.59 Å². The van der Waals surface area contributed by atoms with E-state index >= 15 is 0 Å². The summed E-state index contributed by atoms with van der Waals surface area (Å²) in [6, 6.07) is 13.8. The topological polar surface area (TPSA) is 151 Å². The fraction of sp³-hybridized carbons (Fsp3) is 0.294. The molecule has 2 fully saturated rings. The minimum absolute atomic E-state index is 0.229. The zero-order chi connectivity index (χ0) is 32.2. The third-order valence-electron chi connectivity index (χ3n) is 8.42. The Morgan fingerprint density at radius 1 is 0.674 bits per heavy atom. The molecule has 0 bridgehead atoms. The lowest BCUT2D eigenvalue weighted by Gasteiger charge is -2.23. The molecule has 12 nitrogen and oxygen atoms in total. The first-order chi connectivity index (χ1) is 22.3. The van der Waals surface area contributed by atoms with E-state index in [4.69, 9.17) is 9.05 Å². The van der Waals surface area contributed by atoms with Crippen molar-refractivity contribution in [2.24, 2.45) is 0 Å². The van der Waals surface area contributed by atoms with Gasteiger partial charge in [-0.3, -0.25) is 19.2 Å². The highest BCUT2D eigenvalue weighted by Crippen LogP contribution is 2.25. The molecule has 0 saturated carbocycles. The maximum absolute atomic E-state index is 13.0. The summed E-state index contributed by atoms with van der Waals surface area (Å²) in [6.07, 6.45) is 9.22. The number of hydrogen-bond acceptors (Lipinski definition) is 8. The Kier molecular flexibility index (Phi) is 8.77. The molecule has 2 N–H and O–H groups in total. The van der Waals surface area contributed by atoms with E-state index in [9.17, 15) is 19.2 Å². The monoisotopic (exact) mass is 622 g/mol. The van der Waals surface area contributed by atoms with Gasteiger partial charge in [-0.1, -0.05) is 46.7 Å². The van der Waals surface area contributed by atoms with Crippen molar-refractivity contribution in [1.82, 2.24) is 20.1 Å². The molecule has 4 aromatic rings. The highest BCUT2D eigenvalue weighted by Gasteiger charge is 2.37. The smallest absolute Gasteiger partial charge is 0.259 e. The van der Waals surface area contributed by atoms with Crippen LogP contribution >= 0.6 is 0 Å². The van der Waals surface area contributed by atoms with Crippen LogP contribution in [0.1, 0.15) is 68.9 Å². The standard InChI is InChI=1S/C34H34N6O6/c1-21-27(19-45-37-21)33(43)39-17-3-5-29(39)31(41)35-25-13-9-23(10-14-25)7-8-24-11-15-26(16-12-24)36-32(42)30-6-4-18-40(30)34(44)28-20-46-38-22(28)2/h7-16,19-20,29-30H,3-6,17-18H2,1-2H3,(H,35,41)(H,36,42)/b8-7+/t29-,30-/m0/s1. The van der Waals surface area contributed by atoms with Gasteiger partial charge in [0.25, 0.3) is 11.8 Å². The second-order valence-corrected chi connectivity index (χ2v) is 11.5. The zero-order valence-electron chi connectivity index (χ0n) is 25.6. The van der Waals surface area contributed by atoms with Gasteiger partial charge in [0, 0.05) is 24.5 Å². The zero-order valence-corrected chi connectivity index (χ0v) is 25.6. The van der Waals surface area contributed by atoms with Crippen molar-refractivity contribution in [2.45, 2.75) is 51.6 Å². The molecule has 0 radical (unpaired) electrons. The summed E-state index contributed by atoms with van der Waals surface area (Å²) in [4.78, 5) is 55.1. The summed E-state index contributed by atoms with van der Waals surface area (Å²) in [5, 5.41) is 13.4. The van der Waals surface area contributed by atoms with Gasteiger partial charge in [0.05, 0.1) is 11.4 Å². The van der Waals surface area contributed by atoms with Crippen molar-refractivity contribution in [1.29, 1.82) is 0 Å². The number of likely N-dealkylation sites (tertiary alicyclic amines) is 2. The van der Waals surface area contributed by atoms with Crippen LogP contribution in [0, 0.1) is 13.8 Å². The molecule has 12 heteroatoms. The number of aryl methyl sites for hydroxylation is 2. The first-order valence-electron chi connectivity index (χ1n) is 15.2. The molecular formula is C34H34N6O6. The molecule has 2 aromatic heterocycles. The average Bonchev–Trinajstić information content (AvgIpc) is 3.88. The van der Waals surface area contributed by atoms with Gasteiger partial charge in [0.2, 0.25) is 11.8 Å². The van der Waals surface area contributed by atoms with E-state index in [0.717, 1.165) is 24.0 Å². The Hall–Kier alpha value is -5.52. The van der Waals surface area contributed by atoms with Crippen LogP contribution in [0.15, 0.2) is 70.1 Å². The molecule has 4 amide bonds. The molecule has 2 aliphatic heterocycles. The van der Waals surface area contributed by atoms with Crippen LogP contribution in [0.5, 0.6) is 0 Å². The van der Waals surface area contributed by atoms with Crippen LogP contribution in [0.4, 0.5) is 11.4 Å². The summed E-state index contributed by atoms with van der Waals surface area (Å²) in [7, 11) is 0. The Labute approximate surface area is 265 Å². The van der Waals surface area contributed by atoms with Gasteiger partial charge in [-0.05, 0) is 74.9 Å². The summed E-state index contributed by atoms with van der Waals surface area (Å²) in [5.74, 6) is -0.960. The second kappa shape index (κ2) is 13.2. The minimum Gasteiger partial charge on any atom is -0.364 e. The average molecular weight is 623 g/mol. The second-order valence-electron chi connectivity index (χ2n) is 11.5. The number of carbonyl (C=O) groups is 4. The Morgan fingerprint density at radius 3 is 1.41 bits per heavy atom. The number of nitrogens with one attached hydrogen (secondary N) is 2. The minimum atomic E-state index is -0.558. The lowest BCUT2D eigenvalue weighted by atomic mass is 10.1. The van der Waals surface area contributed by atoms with E-state index in [1.807, 2.05) is 60.7 Å². The molecule has 0 spiro atoms. The molecule has 46 heavy (non-hydrogen) atoms. The van der Waals surface area contributed by atoms with Crippen molar-refractivity contribution in [3.05, 3.63) is 94.7 Å². The van der Waals surface area contributed by atoms with E-state index < -0.39 is 12.1 Å². The number of amides is 4. The summed E-state index contributed by atoms with van der Waals surface area (Å²) >= 11 is 0. The third-order valence-corrected chi connectivity index (χ3v) is 8.42. The first kappa shape index (κ1) is 30.5. The van der Waals surface area contributed by atoms with E-state index in [1.165, 1.54) is 12.5 Å². The molecule has 0 aliphatic carbocycles. The van der Waals surface area contributed by atoms with Crippen molar-refractivity contribution in [3.8, 4) is 0 Å². The number of aromatic nitrogens is 2. The third kappa shape index (κ3) is 6.46. The summed E-state index contributed by atoms with van der Waals surface area (Å²) in [5.41, 5.74) is 4.90. The Morgan fingerprint density at radius 2 is 1.07 bits per heavy atom. The van der Waals surface area contributed by atoms with Crippen LogP contribution in [0.3, 0.4) is 0 Å². The van der Waals surface area contributed by atoms with Gasteiger partial charge in [0.1, 0.15) is 35.7 Å². The Bertz CT molecular complexity index is 1640. The number of benzene rings is 2.